The predicted octanol–water partition coefficient (Wildman–Crippen LogP) is 0.522. The summed E-state index contributed by atoms with van der Waals surface area (Å²) in [6.07, 6.45) is 1.15. The summed E-state index contributed by atoms with van der Waals surface area (Å²) in [6.45, 7) is 8.07. The Bertz CT molecular complexity index is 415. The minimum atomic E-state index is -0.310. The van der Waals surface area contributed by atoms with E-state index in [0.717, 1.165) is 6.42 Å². The number of carbonyl (C=O) groups excluding carboxylic acids is 3. The zero-order valence-corrected chi connectivity index (χ0v) is 13.7. The van der Waals surface area contributed by atoms with Crippen molar-refractivity contribution in [3.05, 3.63) is 0 Å². The third-order valence-electron chi connectivity index (χ3n) is 3.41. The topological polar surface area (TPSA) is 78.5 Å². The summed E-state index contributed by atoms with van der Waals surface area (Å²) in [7, 11) is 1.59. The second-order valence-corrected chi connectivity index (χ2v) is 6.91. The third-order valence-corrected chi connectivity index (χ3v) is 3.41. The van der Waals surface area contributed by atoms with Gasteiger partial charge in [-0.3, -0.25) is 14.4 Å². The van der Waals surface area contributed by atoms with Gasteiger partial charge in [-0.1, -0.05) is 6.92 Å². The number of likely N-dealkylation sites (N-methyl/N-ethyl adjacent to an activating group) is 1. The number of hydrogen-bond donors (Lipinski definition) is 2. The Balaban J connectivity index is 2.21. The number of rotatable bonds is 6. The molecule has 2 atom stereocenters. The smallest absolute Gasteiger partial charge is 0.240 e. The highest BCUT2D eigenvalue weighted by Crippen LogP contribution is 2.37. The van der Waals surface area contributed by atoms with Crippen LogP contribution in [0.5, 0.6) is 0 Å². The molecule has 0 aliphatic heterocycles. The van der Waals surface area contributed by atoms with E-state index < -0.39 is 0 Å². The number of amides is 3. The van der Waals surface area contributed by atoms with Crippen LogP contribution in [0, 0.1) is 11.8 Å². The molecule has 2 N–H and O–H groups in total. The fourth-order valence-electron chi connectivity index (χ4n) is 2.06. The van der Waals surface area contributed by atoms with Gasteiger partial charge < -0.3 is 15.5 Å². The lowest BCUT2D eigenvalue weighted by Gasteiger charge is -2.23. The molecule has 0 radical (unpaired) electrons. The van der Waals surface area contributed by atoms with Crippen LogP contribution in [0.25, 0.3) is 0 Å². The molecular formula is C15H27N3O3. The van der Waals surface area contributed by atoms with Crippen LogP contribution in [-0.4, -0.2) is 48.3 Å². The van der Waals surface area contributed by atoms with Crippen molar-refractivity contribution < 1.29 is 14.4 Å². The van der Waals surface area contributed by atoms with Crippen molar-refractivity contribution in [2.45, 2.75) is 46.1 Å². The molecule has 1 fully saturated rings. The Kier molecular flexibility index (Phi) is 5.75. The van der Waals surface area contributed by atoms with Crippen molar-refractivity contribution in [1.29, 1.82) is 0 Å². The zero-order valence-electron chi connectivity index (χ0n) is 13.7. The molecule has 1 rings (SSSR count). The van der Waals surface area contributed by atoms with Crippen molar-refractivity contribution >= 4 is 17.7 Å². The summed E-state index contributed by atoms with van der Waals surface area (Å²) >= 11 is 0. The van der Waals surface area contributed by atoms with Crippen LogP contribution in [0.15, 0.2) is 0 Å². The molecule has 0 bridgehead atoms. The van der Waals surface area contributed by atoms with E-state index in [1.807, 2.05) is 27.7 Å². The van der Waals surface area contributed by atoms with E-state index in [0.29, 0.717) is 12.5 Å². The Morgan fingerprint density at radius 2 is 1.81 bits per heavy atom. The van der Waals surface area contributed by atoms with Gasteiger partial charge in [0.2, 0.25) is 17.7 Å². The Labute approximate surface area is 126 Å². The highest BCUT2D eigenvalue weighted by Gasteiger charge is 2.38. The van der Waals surface area contributed by atoms with Gasteiger partial charge in [0.15, 0.2) is 0 Å². The first-order chi connectivity index (χ1) is 9.60. The maximum atomic E-state index is 11.9. The molecule has 6 nitrogen and oxygen atoms in total. The monoisotopic (exact) mass is 297 g/mol. The van der Waals surface area contributed by atoms with E-state index in [1.54, 1.807) is 7.05 Å². The van der Waals surface area contributed by atoms with Gasteiger partial charge in [-0.2, -0.15) is 0 Å². The molecule has 120 valence electrons. The summed E-state index contributed by atoms with van der Waals surface area (Å²) in [6, 6.07) is 0. The number of nitrogens with one attached hydrogen (secondary N) is 2. The van der Waals surface area contributed by atoms with Crippen molar-refractivity contribution in [2.75, 3.05) is 20.1 Å². The van der Waals surface area contributed by atoms with Crippen LogP contribution in [0.4, 0.5) is 0 Å². The fraction of sp³-hybridized carbons (Fsp3) is 0.800. The SMILES string of the molecule is C[C@H]1C[C@@H]1C(=O)NCCC(=O)N(C)CC(=O)NC(C)(C)C. The summed E-state index contributed by atoms with van der Waals surface area (Å²) in [4.78, 5) is 36.6. The van der Waals surface area contributed by atoms with Gasteiger partial charge in [-0.05, 0) is 33.1 Å². The summed E-state index contributed by atoms with van der Waals surface area (Å²) in [5.74, 6) is 0.278. The van der Waals surface area contributed by atoms with Crippen LogP contribution in [0.3, 0.4) is 0 Å². The minimum Gasteiger partial charge on any atom is -0.355 e. The quantitative estimate of drug-likeness (QED) is 0.750. The normalized spacial score (nSPS) is 20.6. The third kappa shape index (κ3) is 6.60. The van der Waals surface area contributed by atoms with E-state index >= 15 is 0 Å². The van der Waals surface area contributed by atoms with Crippen LogP contribution >= 0.6 is 0 Å². The first-order valence-corrected chi connectivity index (χ1v) is 7.43. The second-order valence-electron chi connectivity index (χ2n) is 6.91. The van der Waals surface area contributed by atoms with Crippen molar-refractivity contribution in [1.82, 2.24) is 15.5 Å². The lowest BCUT2D eigenvalue weighted by atomic mass is 10.1. The van der Waals surface area contributed by atoms with Gasteiger partial charge in [0.05, 0.1) is 6.54 Å². The van der Waals surface area contributed by atoms with E-state index in [1.165, 1.54) is 4.90 Å². The number of carbonyl (C=O) groups is 3. The summed E-state index contributed by atoms with van der Waals surface area (Å²) in [5.41, 5.74) is -0.310. The molecule has 0 saturated heterocycles. The molecule has 0 heterocycles. The van der Waals surface area contributed by atoms with Gasteiger partial charge in [0.25, 0.3) is 0 Å². The molecule has 0 unspecified atom stereocenters. The minimum absolute atomic E-state index is 0.0310. The Hall–Kier alpha value is -1.59. The van der Waals surface area contributed by atoms with E-state index in [-0.39, 0.29) is 42.1 Å². The first-order valence-electron chi connectivity index (χ1n) is 7.43. The highest BCUT2D eigenvalue weighted by atomic mass is 16.2. The average Bonchev–Trinajstić information content (AvgIpc) is 3.03. The van der Waals surface area contributed by atoms with Crippen molar-refractivity contribution in [2.24, 2.45) is 11.8 Å². The lowest BCUT2D eigenvalue weighted by Crippen LogP contribution is -2.46. The molecule has 1 aliphatic rings. The van der Waals surface area contributed by atoms with Gasteiger partial charge in [0, 0.05) is 31.5 Å². The van der Waals surface area contributed by atoms with Crippen LogP contribution in [0.2, 0.25) is 0 Å². The molecular weight excluding hydrogens is 270 g/mol. The van der Waals surface area contributed by atoms with E-state index in [2.05, 4.69) is 10.6 Å². The maximum Gasteiger partial charge on any atom is 0.240 e. The van der Waals surface area contributed by atoms with Gasteiger partial charge in [0.1, 0.15) is 0 Å². The number of nitrogens with zero attached hydrogens (tertiary/aromatic N) is 1. The zero-order chi connectivity index (χ0) is 16.2. The van der Waals surface area contributed by atoms with Crippen LogP contribution < -0.4 is 10.6 Å². The predicted molar refractivity (Wildman–Crippen MR) is 80.4 cm³/mol. The molecule has 1 aliphatic carbocycles. The maximum absolute atomic E-state index is 11.9. The molecule has 0 spiro atoms. The largest absolute Gasteiger partial charge is 0.355 e. The molecule has 0 aromatic heterocycles. The lowest BCUT2D eigenvalue weighted by molar-refractivity contribution is -0.135. The summed E-state index contributed by atoms with van der Waals surface area (Å²) < 4.78 is 0. The van der Waals surface area contributed by atoms with Gasteiger partial charge >= 0.3 is 0 Å². The Morgan fingerprint density at radius 1 is 1.24 bits per heavy atom. The van der Waals surface area contributed by atoms with Crippen molar-refractivity contribution in [3.63, 3.8) is 0 Å². The average molecular weight is 297 g/mol. The molecule has 6 heteroatoms. The first kappa shape index (κ1) is 17.5. The second kappa shape index (κ2) is 6.91. The standard InChI is InChI=1S/C15H27N3O3/c1-10-8-11(10)14(21)16-7-6-13(20)18(5)9-12(19)17-15(2,3)4/h10-11H,6-9H2,1-5H3,(H,16,21)(H,17,19)/t10-,11-/m0/s1. The molecule has 21 heavy (non-hydrogen) atoms. The van der Waals surface area contributed by atoms with Crippen LogP contribution in [-0.2, 0) is 14.4 Å². The molecule has 3 amide bonds. The molecule has 1 saturated carbocycles. The van der Waals surface area contributed by atoms with E-state index in [4.69, 9.17) is 0 Å². The molecule has 0 aromatic carbocycles. The van der Waals surface area contributed by atoms with Gasteiger partial charge in [-0.15, -0.1) is 0 Å². The molecule has 0 aromatic rings. The van der Waals surface area contributed by atoms with Crippen molar-refractivity contribution in [3.8, 4) is 0 Å². The highest BCUT2D eigenvalue weighted by molar-refractivity contribution is 5.85. The van der Waals surface area contributed by atoms with E-state index in [9.17, 15) is 14.4 Å². The summed E-state index contributed by atoms with van der Waals surface area (Å²) in [5, 5.41) is 5.57. The van der Waals surface area contributed by atoms with Crippen LogP contribution in [0.1, 0.15) is 40.5 Å². The van der Waals surface area contributed by atoms with Gasteiger partial charge in [-0.25, -0.2) is 0 Å². The fourth-order valence-corrected chi connectivity index (χ4v) is 2.06. The number of hydrogen-bond acceptors (Lipinski definition) is 3. The Morgan fingerprint density at radius 3 is 2.29 bits per heavy atom.